The van der Waals surface area contributed by atoms with Gasteiger partial charge in [-0.3, -0.25) is 4.79 Å². The second-order valence-electron chi connectivity index (χ2n) is 10.6. The molecule has 37 heavy (non-hydrogen) atoms. The van der Waals surface area contributed by atoms with Crippen LogP contribution in [0.25, 0.3) is 5.65 Å². The third kappa shape index (κ3) is 4.29. The summed E-state index contributed by atoms with van der Waals surface area (Å²) >= 11 is 0. The molecule has 3 aromatic heterocycles. The van der Waals surface area contributed by atoms with Crippen molar-refractivity contribution in [1.29, 1.82) is 0 Å². The predicted octanol–water partition coefficient (Wildman–Crippen LogP) is 2.75. The monoisotopic (exact) mass is 509 g/mol. The van der Waals surface area contributed by atoms with Crippen LogP contribution in [-0.4, -0.2) is 74.1 Å². The normalized spacial score (nSPS) is 19.2. The topological polar surface area (TPSA) is 135 Å². The number of nitrogens with zero attached hydrogens (tertiary/aromatic N) is 7. The van der Waals surface area contributed by atoms with E-state index in [1.807, 2.05) is 6.92 Å². The molecule has 196 valence electrons. The van der Waals surface area contributed by atoms with E-state index in [0.29, 0.717) is 48.8 Å². The lowest BCUT2D eigenvalue weighted by atomic mass is 9.69. The fourth-order valence-corrected chi connectivity index (χ4v) is 5.03. The lowest BCUT2D eigenvalue weighted by Crippen LogP contribution is -2.43. The van der Waals surface area contributed by atoms with Crippen molar-refractivity contribution in [2.24, 2.45) is 5.41 Å². The minimum Gasteiger partial charge on any atom is -0.443 e. The van der Waals surface area contributed by atoms with Crippen LogP contribution < -0.4 is 9.80 Å². The lowest BCUT2D eigenvalue weighted by molar-refractivity contribution is -0.126. The van der Waals surface area contributed by atoms with Gasteiger partial charge in [0.2, 0.25) is 11.9 Å². The molecule has 12 nitrogen and oxygen atoms in total. The van der Waals surface area contributed by atoms with Crippen LogP contribution in [0.15, 0.2) is 24.8 Å². The first-order valence-corrected chi connectivity index (χ1v) is 12.2. The molecule has 2 aliphatic rings. The number of hydrogen-bond donors (Lipinski definition) is 1. The molecule has 1 unspecified atom stereocenters. The Hall–Kier alpha value is -3.64. The zero-order valence-corrected chi connectivity index (χ0v) is 21.6. The van der Waals surface area contributed by atoms with Gasteiger partial charge in [0.05, 0.1) is 42.0 Å². The molecule has 1 N–H and O–H groups in total. The Morgan fingerprint density at radius 1 is 1.30 bits per heavy atom. The van der Waals surface area contributed by atoms with Crippen LogP contribution in [0, 0.1) is 12.3 Å². The summed E-state index contributed by atoms with van der Waals surface area (Å²) in [4.78, 5) is 43.3. The average Bonchev–Trinajstić information content (AvgIpc) is 3.40. The summed E-state index contributed by atoms with van der Waals surface area (Å²) in [5.74, 6) is -0.798. The Labute approximate surface area is 214 Å². The molecule has 0 bridgehead atoms. The van der Waals surface area contributed by atoms with Crippen LogP contribution in [0.2, 0.25) is 0 Å². The van der Waals surface area contributed by atoms with Crippen molar-refractivity contribution in [1.82, 2.24) is 24.6 Å². The van der Waals surface area contributed by atoms with E-state index in [-0.39, 0.29) is 18.5 Å². The molecule has 1 saturated heterocycles. The molecule has 2 amide bonds. The van der Waals surface area contributed by atoms with Crippen LogP contribution in [0.1, 0.15) is 50.8 Å². The number of anilines is 3. The second-order valence-corrected chi connectivity index (χ2v) is 10.6. The summed E-state index contributed by atoms with van der Waals surface area (Å²) in [6.45, 7) is 7.89. The van der Waals surface area contributed by atoms with Crippen molar-refractivity contribution in [2.75, 3.05) is 36.7 Å². The van der Waals surface area contributed by atoms with Gasteiger partial charge in [-0.25, -0.2) is 29.2 Å². The number of carbonyl (C=O) groups excluding carboxylic acids is 2. The van der Waals surface area contributed by atoms with Gasteiger partial charge < -0.3 is 19.5 Å². The largest absolute Gasteiger partial charge is 0.443 e. The SMILES string of the molecule is Cc1cc2ncnn2cc1N(C(=O)OC(C)(C)C)c1ncc2c(n1)C(C1(CO)CCOCC1)C(=O)N2C. The van der Waals surface area contributed by atoms with Gasteiger partial charge in [0.15, 0.2) is 5.65 Å². The number of aromatic nitrogens is 5. The summed E-state index contributed by atoms with van der Waals surface area (Å²) in [5.41, 5.74) is 1.34. The first-order valence-electron chi connectivity index (χ1n) is 12.2. The van der Waals surface area contributed by atoms with E-state index >= 15 is 0 Å². The van der Waals surface area contributed by atoms with Gasteiger partial charge in [-0.1, -0.05) is 0 Å². The third-order valence-electron chi connectivity index (χ3n) is 7.03. The molecule has 1 fully saturated rings. The number of aliphatic hydroxyl groups excluding tert-OH is 1. The molecule has 0 aromatic carbocycles. The Kier molecular flexibility index (Phi) is 6.11. The van der Waals surface area contributed by atoms with Crippen molar-refractivity contribution >= 4 is 35.0 Å². The standard InChI is InChI=1S/C25H31N7O5/c1-15-10-18-27-14-28-31(18)12-17(15)32(23(35)37-24(2,3)4)22-26-11-16-20(29-22)19(21(34)30(16)5)25(13-33)6-8-36-9-7-25/h10-12,14,19,33H,6-9,13H2,1-5H3. The molecular formula is C25H31N7O5. The highest BCUT2D eigenvalue weighted by Crippen LogP contribution is 2.50. The summed E-state index contributed by atoms with van der Waals surface area (Å²) in [7, 11) is 1.67. The highest BCUT2D eigenvalue weighted by atomic mass is 16.6. The van der Waals surface area contributed by atoms with E-state index < -0.39 is 23.0 Å². The maximum atomic E-state index is 13.6. The van der Waals surface area contributed by atoms with Gasteiger partial charge in [-0.05, 0) is 52.2 Å². The smallest absolute Gasteiger partial charge is 0.421 e. The molecule has 12 heteroatoms. The van der Waals surface area contributed by atoms with Crippen molar-refractivity contribution < 1.29 is 24.2 Å². The minimum absolute atomic E-state index is 0.0591. The number of aliphatic hydroxyl groups is 1. The molecule has 5 rings (SSSR count). The Morgan fingerprint density at radius 2 is 2.03 bits per heavy atom. The second kappa shape index (κ2) is 9.03. The quantitative estimate of drug-likeness (QED) is 0.563. The summed E-state index contributed by atoms with van der Waals surface area (Å²) in [6.07, 6.45) is 5.00. The number of rotatable bonds is 4. The van der Waals surface area contributed by atoms with Crippen molar-refractivity contribution in [3.8, 4) is 0 Å². The summed E-state index contributed by atoms with van der Waals surface area (Å²) < 4.78 is 12.8. The fourth-order valence-electron chi connectivity index (χ4n) is 5.03. The first-order chi connectivity index (χ1) is 17.5. The van der Waals surface area contributed by atoms with Crippen molar-refractivity contribution in [3.05, 3.63) is 36.0 Å². The van der Waals surface area contributed by atoms with Gasteiger partial charge in [0.1, 0.15) is 11.9 Å². The van der Waals surface area contributed by atoms with E-state index in [1.54, 1.807) is 50.8 Å². The molecule has 0 aliphatic carbocycles. The fraction of sp³-hybridized carbons (Fsp3) is 0.520. The van der Waals surface area contributed by atoms with Crippen LogP contribution in [0.5, 0.6) is 0 Å². The zero-order valence-electron chi connectivity index (χ0n) is 21.6. The van der Waals surface area contributed by atoms with E-state index in [9.17, 15) is 14.7 Å². The minimum atomic E-state index is -0.779. The summed E-state index contributed by atoms with van der Waals surface area (Å²) in [5, 5.41) is 14.6. The van der Waals surface area contributed by atoms with Gasteiger partial charge in [0.25, 0.3) is 0 Å². The number of aryl methyl sites for hydroxylation is 1. The highest BCUT2D eigenvalue weighted by Gasteiger charge is 2.52. The lowest BCUT2D eigenvalue weighted by Gasteiger charge is -2.39. The molecule has 3 aromatic rings. The molecule has 1 atom stereocenters. The molecule has 2 aliphatic heterocycles. The van der Waals surface area contributed by atoms with Crippen LogP contribution >= 0.6 is 0 Å². The molecular weight excluding hydrogens is 478 g/mol. The number of likely N-dealkylation sites (N-methyl/N-ethyl adjacent to an activating group) is 1. The molecule has 0 saturated carbocycles. The Balaban J connectivity index is 1.66. The van der Waals surface area contributed by atoms with Crippen LogP contribution in [-0.2, 0) is 14.3 Å². The zero-order chi connectivity index (χ0) is 26.5. The van der Waals surface area contributed by atoms with E-state index in [0.717, 1.165) is 5.56 Å². The third-order valence-corrected chi connectivity index (χ3v) is 7.03. The van der Waals surface area contributed by atoms with Gasteiger partial charge in [0, 0.05) is 25.7 Å². The highest BCUT2D eigenvalue weighted by molar-refractivity contribution is 6.05. The van der Waals surface area contributed by atoms with Crippen LogP contribution in [0.3, 0.4) is 0 Å². The maximum Gasteiger partial charge on any atom is 0.421 e. The number of pyridine rings is 1. The average molecular weight is 510 g/mol. The van der Waals surface area contributed by atoms with Crippen LogP contribution in [0.4, 0.5) is 22.1 Å². The number of carbonyl (C=O) groups is 2. The van der Waals surface area contributed by atoms with Crippen molar-refractivity contribution in [3.63, 3.8) is 0 Å². The summed E-state index contributed by atoms with van der Waals surface area (Å²) in [6, 6.07) is 1.80. The maximum absolute atomic E-state index is 13.6. The predicted molar refractivity (Wildman–Crippen MR) is 134 cm³/mol. The first kappa shape index (κ1) is 25.0. The molecule has 0 radical (unpaired) electrons. The Morgan fingerprint density at radius 3 is 2.70 bits per heavy atom. The van der Waals surface area contributed by atoms with E-state index in [4.69, 9.17) is 14.5 Å². The van der Waals surface area contributed by atoms with Gasteiger partial charge in [-0.15, -0.1) is 0 Å². The van der Waals surface area contributed by atoms with E-state index in [2.05, 4.69) is 15.1 Å². The van der Waals surface area contributed by atoms with E-state index in [1.165, 1.54) is 16.1 Å². The Bertz CT molecular complexity index is 1360. The number of hydrogen-bond acceptors (Lipinski definition) is 9. The molecule has 0 spiro atoms. The molecule has 5 heterocycles. The number of amides is 2. The van der Waals surface area contributed by atoms with Crippen molar-refractivity contribution in [2.45, 2.75) is 52.1 Å². The number of ether oxygens (including phenoxy) is 2. The van der Waals surface area contributed by atoms with Gasteiger partial charge >= 0.3 is 6.09 Å². The number of fused-ring (bicyclic) bond motifs is 2. The van der Waals surface area contributed by atoms with Gasteiger partial charge in [-0.2, -0.15) is 5.10 Å².